The number of alkyl halides is 3. The third kappa shape index (κ3) is 1.74. The number of pyridine rings is 1. The number of hydrogen-bond acceptors (Lipinski definition) is 1. The van der Waals surface area contributed by atoms with E-state index in [0.29, 0.717) is 0 Å². The summed E-state index contributed by atoms with van der Waals surface area (Å²) in [5, 5.41) is 0. The maximum Gasteiger partial charge on any atom is 0.417 e. The largest absolute Gasteiger partial charge is 0.417 e. The fourth-order valence-corrected chi connectivity index (χ4v) is 1.20. The summed E-state index contributed by atoms with van der Waals surface area (Å²) < 4.78 is 37.0. The van der Waals surface area contributed by atoms with Crippen molar-refractivity contribution in [3.05, 3.63) is 33.2 Å². The van der Waals surface area contributed by atoms with Crippen molar-refractivity contribution in [2.75, 3.05) is 0 Å². The zero-order valence-corrected chi connectivity index (χ0v) is 7.12. The van der Waals surface area contributed by atoms with Crippen molar-refractivity contribution in [1.82, 2.24) is 4.98 Å². The molecule has 0 saturated carbocycles. The third-order valence-electron chi connectivity index (χ3n) is 1.81. The van der Waals surface area contributed by atoms with Crippen molar-refractivity contribution in [3.63, 3.8) is 0 Å². The SMILES string of the molecule is Cc1c[nH]c(=O)c(C)c1C(F)(F)F. The smallest absolute Gasteiger partial charge is 0.329 e. The Hall–Kier alpha value is -1.26. The molecule has 0 atom stereocenters. The number of hydrogen-bond donors (Lipinski definition) is 1. The van der Waals surface area contributed by atoms with Gasteiger partial charge >= 0.3 is 6.18 Å². The Morgan fingerprint density at radius 1 is 1.31 bits per heavy atom. The molecule has 1 heterocycles. The molecule has 0 saturated heterocycles. The quantitative estimate of drug-likeness (QED) is 0.668. The number of halogens is 3. The summed E-state index contributed by atoms with van der Waals surface area (Å²) >= 11 is 0. The molecule has 2 nitrogen and oxygen atoms in total. The number of aromatic nitrogens is 1. The molecule has 0 aliphatic carbocycles. The van der Waals surface area contributed by atoms with E-state index in [4.69, 9.17) is 0 Å². The number of rotatable bonds is 0. The van der Waals surface area contributed by atoms with Gasteiger partial charge in [0.15, 0.2) is 0 Å². The third-order valence-corrected chi connectivity index (χ3v) is 1.81. The second-order valence-electron chi connectivity index (χ2n) is 2.80. The minimum atomic E-state index is -4.46. The molecule has 5 heteroatoms. The van der Waals surface area contributed by atoms with Crippen LogP contribution in [0.4, 0.5) is 13.2 Å². The van der Waals surface area contributed by atoms with Gasteiger partial charge < -0.3 is 4.98 Å². The Bertz CT molecular complexity index is 378. The summed E-state index contributed by atoms with van der Waals surface area (Å²) in [5.41, 5.74) is -1.79. The van der Waals surface area contributed by atoms with Crippen LogP contribution in [0.1, 0.15) is 16.7 Å². The van der Waals surface area contributed by atoms with E-state index in [-0.39, 0.29) is 11.1 Å². The molecule has 0 fully saturated rings. The van der Waals surface area contributed by atoms with E-state index < -0.39 is 17.3 Å². The van der Waals surface area contributed by atoms with Crippen LogP contribution in [0.25, 0.3) is 0 Å². The van der Waals surface area contributed by atoms with E-state index >= 15 is 0 Å². The molecule has 1 aromatic heterocycles. The summed E-state index contributed by atoms with van der Waals surface area (Å²) in [6.07, 6.45) is -3.39. The van der Waals surface area contributed by atoms with E-state index in [0.717, 1.165) is 13.1 Å². The second kappa shape index (κ2) is 2.90. The topological polar surface area (TPSA) is 32.9 Å². The van der Waals surface area contributed by atoms with Gasteiger partial charge in [0.05, 0.1) is 5.56 Å². The van der Waals surface area contributed by atoms with Crippen molar-refractivity contribution >= 4 is 0 Å². The van der Waals surface area contributed by atoms with E-state index in [1.807, 2.05) is 0 Å². The highest BCUT2D eigenvalue weighted by molar-refractivity contribution is 5.32. The maximum absolute atomic E-state index is 12.3. The van der Waals surface area contributed by atoms with Crippen LogP contribution in [0.15, 0.2) is 11.0 Å². The Kier molecular flexibility index (Phi) is 2.19. The van der Waals surface area contributed by atoms with Crippen LogP contribution >= 0.6 is 0 Å². The Morgan fingerprint density at radius 2 is 1.85 bits per heavy atom. The van der Waals surface area contributed by atoms with Gasteiger partial charge in [0.1, 0.15) is 0 Å². The van der Waals surface area contributed by atoms with Gasteiger partial charge in [-0.15, -0.1) is 0 Å². The number of H-pyrrole nitrogens is 1. The van der Waals surface area contributed by atoms with E-state index in [1.54, 1.807) is 0 Å². The highest BCUT2D eigenvalue weighted by Crippen LogP contribution is 2.32. The first kappa shape index (κ1) is 9.83. The number of nitrogens with one attached hydrogen (secondary N) is 1. The van der Waals surface area contributed by atoms with Gasteiger partial charge in [-0.1, -0.05) is 0 Å². The molecule has 0 radical (unpaired) electrons. The van der Waals surface area contributed by atoms with Crippen LogP contribution in [0.3, 0.4) is 0 Å². The van der Waals surface area contributed by atoms with Crippen molar-refractivity contribution in [2.24, 2.45) is 0 Å². The first-order valence-electron chi connectivity index (χ1n) is 3.60. The first-order valence-corrected chi connectivity index (χ1v) is 3.60. The van der Waals surface area contributed by atoms with Crippen molar-refractivity contribution in [3.8, 4) is 0 Å². The molecule has 0 aromatic carbocycles. The lowest BCUT2D eigenvalue weighted by atomic mass is 10.1. The highest BCUT2D eigenvalue weighted by Gasteiger charge is 2.34. The maximum atomic E-state index is 12.3. The summed E-state index contributed by atoms with van der Waals surface area (Å²) in [6.45, 7) is 2.47. The lowest BCUT2D eigenvalue weighted by Crippen LogP contribution is -2.19. The summed E-state index contributed by atoms with van der Waals surface area (Å²) in [4.78, 5) is 13.1. The van der Waals surface area contributed by atoms with Crippen LogP contribution in [0, 0.1) is 13.8 Å². The van der Waals surface area contributed by atoms with Gasteiger partial charge in [-0.2, -0.15) is 13.2 Å². The summed E-state index contributed by atoms with van der Waals surface area (Å²) in [7, 11) is 0. The average Bonchev–Trinajstić information content (AvgIpc) is 1.95. The zero-order valence-electron chi connectivity index (χ0n) is 7.12. The van der Waals surface area contributed by atoms with E-state index in [2.05, 4.69) is 4.98 Å². The molecule has 0 amide bonds. The van der Waals surface area contributed by atoms with Crippen molar-refractivity contribution < 1.29 is 13.2 Å². The van der Waals surface area contributed by atoms with E-state index in [9.17, 15) is 18.0 Å². The fourth-order valence-electron chi connectivity index (χ4n) is 1.20. The van der Waals surface area contributed by atoms with E-state index in [1.165, 1.54) is 6.92 Å². The molecule has 0 spiro atoms. The van der Waals surface area contributed by atoms with Gasteiger partial charge in [-0.05, 0) is 19.4 Å². The molecule has 1 rings (SSSR count). The normalized spacial score (nSPS) is 11.8. The Morgan fingerprint density at radius 3 is 2.23 bits per heavy atom. The molecule has 72 valence electrons. The van der Waals surface area contributed by atoms with Crippen LogP contribution < -0.4 is 5.56 Å². The minimum absolute atomic E-state index is 0.0320. The minimum Gasteiger partial charge on any atom is -0.329 e. The van der Waals surface area contributed by atoms with Crippen LogP contribution in [-0.4, -0.2) is 4.98 Å². The molecule has 13 heavy (non-hydrogen) atoms. The molecular weight excluding hydrogens is 183 g/mol. The summed E-state index contributed by atoms with van der Waals surface area (Å²) in [6, 6.07) is 0. The first-order chi connectivity index (χ1) is 5.84. The number of aryl methyl sites for hydroxylation is 1. The molecular formula is C8H8F3NO. The van der Waals surface area contributed by atoms with Gasteiger partial charge in [0, 0.05) is 11.8 Å². The standard InChI is InChI=1S/C8H8F3NO/c1-4-3-12-7(13)5(2)6(4)8(9,10)11/h3H,1-2H3,(H,12,13). The zero-order chi connectivity index (χ0) is 10.2. The van der Waals surface area contributed by atoms with Crippen LogP contribution in [0.2, 0.25) is 0 Å². The van der Waals surface area contributed by atoms with Crippen molar-refractivity contribution in [2.45, 2.75) is 20.0 Å². The predicted octanol–water partition coefficient (Wildman–Crippen LogP) is 2.01. The van der Waals surface area contributed by atoms with Crippen molar-refractivity contribution in [1.29, 1.82) is 0 Å². The predicted molar refractivity (Wildman–Crippen MR) is 41.5 cm³/mol. The highest BCUT2D eigenvalue weighted by atomic mass is 19.4. The molecule has 0 aliphatic heterocycles. The molecule has 0 bridgehead atoms. The average molecular weight is 191 g/mol. The fraction of sp³-hybridized carbons (Fsp3) is 0.375. The van der Waals surface area contributed by atoms with Gasteiger partial charge in [-0.3, -0.25) is 4.79 Å². The summed E-state index contributed by atoms with van der Waals surface area (Å²) in [5.74, 6) is 0. The second-order valence-corrected chi connectivity index (χ2v) is 2.80. The lowest BCUT2D eigenvalue weighted by molar-refractivity contribution is -0.138. The van der Waals surface area contributed by atoms with Crippen LogP contribution in [-0.2, 0) is 6.18 Å². The lowest BCUT2D eigenvalue weighted by Gasteiger charge is -2.11. The van der Waals surface area contributed by atoms with Gasteiger partial charge in [0.25, 0.3) is 5.56 Å². The van der Waals surface area contributed by atoms with Crippen LogP contribution in [0.5, 0.6) is 0 Å². The number of aromatic amines is 1. The molecule has 0 unspecified atom stereocenters. The molecule has 1 aromatic rings. The van der Waals surface area contributed by atoms with Gasteiger partial charge in [-0.25, -0.2) is 0 Å². The molecule has 1 N–H and O–H groups in total. The molecule has 0 aliphatic rings. The monoisotopic (exact) mass is 191 g/mol. The Balaban J connectivity index is 3.52. The van der Waals surface area contributed by atoms with Gasteiger partial charge in [0.2, 0.25) is 0 Å². The Labute approximate surface area is 72.4 Å².